The maximum Gasteiger partial charge on any atom is 0.341 e. The molecule has 0 amide bonds. The van der Waals surface area contributed by atoms with Crippen LogP contribution in [0.1, 0.15) is 59.7 Å². The van der Waals surface area contributed by atoms with Crippen LogP contribution in [0.2, 0.25) is 0 Å². The van der Waals surface area contributed by atoms with E-state index in [0.717, 1.165) is 11.1 Å². The van der Waals surface area contributed by atoms with Gasteiger partial charge in [-0.3, -0.25) is 0 Å². The quantitative estimate of drug-likeness (QED) is 0.542. The molecule has 0 fully saturated rings. The fraction of sp³-hybridized carbons (Fsp3) is 0.200. The second-order valence-corrected chi connectivity index (χ2v) is 8.06. The van der Waals surface area contributed by atoms with Gasteiger partial charge in [-0.25, -0.2) is 9.59 Å². The van der Waals surface area contributed by atoms with Crippen molar-refractivity contribution in [3.05, 3.63) is 92.5 Å². The van der Waals surface area contributed by atoms with E-state index in [0.29, 0.717) is 11.1 Å². The van der Waals surface area contributed by atoms with Crippen molar-refractivity contribution in [1.82, 2.24) is 0 Å². The van der Waals surface area contributed by atoms with Crippen LogP contribution in [0.15, 0.2) is 42.5 Å². The molecule has 1 heterocycles. The fourth-order valence-corrected chi connectivity index (χ4v) is 4.79. The third kappa shape index (κ3) is 2.86. The average Bonchev–Trinajstić information content (AvgIpc) is 2.93. The minimum atomic E-state index is -1.71. The number of cyclic esters (lactones) is 1. The van der Waals surface area contributed by atoms with Gasteiger partial charge in [-0.05, 0) is 68.1 Å². The monoisotopic (exact) mass is 418 g/mol. The van der Waals surface area contributed by atoms with Crippen molar-refractivity contribution < 1.29 is 29.6 Å². The van der Waals surface area contributed by atoms with E-state index in [1.807, 2.05) is 26.0 Å². The Kier molecular flexibility index (Phi) is 4.54. The molecule has 3 aromatic carbocycles. The Bertz CT molecular complexity index is 1170. The summed E-state index contributed by atoms with van der Waals surface area (Å²) in [6, 6.07) is 11.2. The van der Waals surface area contributed by atoms with E-state index in [1.54, 1.807) is 32.0 Å². The van der Waals surface area contributed by atoms with E-state index in [2.05, 4.69) is 0 Å². The highest BCUT2D eigenvalue weighted by Crippen LogP contribution is 2.54. The van der Waals surface area contributed by atoms with Crippen LogP contribution < -0.4 is 0 Å². The highest BCUT2D eigenvalue weighted by molar-refractivity contribution is 6.06. The molecule has 3 N–H and O–H groups in total. The summed E-state index contributed by atoms with van der Waals surface area (Å²) in [5, 5.41) is 31.7. The number of hydrogen-bond acceptors (Lipinski definition) is 5. The van der Waals surface area contributed by atoms with Crippen LogP contribution in [0.3, 0.4) is 0 Å². The number of phenolic OH excluding ortho intramolecular Hbond substituents is 2. The number of aromatic carboxylic acids is 1. The molecule has 0 aliphatic carbocycles. The van der Waals surface area contributed by atoms with Gasteiger partial charge in [0, 0.05) is 16.7 Å². The molecule has 4 rings (SSSR count). The van der Waals surface area contributed by atoms with E-state index in [-0.39, 0.29) is 39.3 Å². The van der Waals surface area contributed by atoms with Crippen molar-refractivity contribution in [2.45, 2.75) is 33.3 Å². The number of benzene rings is 3. The van der Waals surface area contributed by atoms with E-state index < -0.39 is 17.5 Å². The summed E-state index contributed by atoms with van der Waals surface area (Å²) >= 11 is 0. The minimum Gasteiger partial charge on any atom is -0.507 e. The molecule has 3 aromatic rings. The van der Waals surface area contributed by atoms with Crippen molar-refractivity contribution >= 4 is 11.9 Å². The number of phenols is 2. The third-order valence-electron chi connectivity index (χ3n) is 5.75. The number of aromatic hydroxyl groups is 2. The Hall–Kier alpha value is -3.80. The van der Waals surface area contributed by atoms with Gasteiger partial charge in [0.1, 0.15) is 11.5 Å². The molecule has 0 bridgehead atoms. The summed E-state index contributed by atoms with van der Waals surface area (Å²) in [6.07, 6.45) is 0. The second-order valence-electron chi connectivity index (χ2n) is 8.06. The summed E-state index contributed by atoms with van der Waals surface area (Å²) in [6.45, 7) is 7.21. The third-order valence-corrected chi connectivity index (χ3v) is 5.75. The van der Waals surface area contributed by atoms with Gasteiger partial charge in [-0.2, -0.15) is 0 Å². The van der Waals surface area contributed by atoms with E-state index in [4.69, 9.17) is 4.74 Å². The van der Waals surface area contributed by atoms with Gasteiger partial charge in [0.25, 0.3) is 0 Å². The Balaban J connectivity index is 2.23. The molecule has 31 heavy (non-hydrogen) atoms. The molecule has 6 heteroatoms. The molecular formula is C25H22O6. The topological polar surface area (TPSA) is 104 Å². The zero-order chi connectivity index (χ0) is 22.7. The number of esters is 1. The number of fused-ring (bicyclic) bond motifs is 1. The molecular weight excluding hydrogens is 396 g/mol. The molecule has 0 unspecified atom stereocenters. The molecule has 0 saturated carbocycles. The van der Waals surface area contributed by atoms with Crippen LogP contribution >= 0.6 is 0 Å². The van der Waals surface area contributed by atoms with Gasteiger partial charge in [-0.1, -0.05) is 24.3 Å². The number of carbonyl (C=O) groups excluding carboxylic acids is 1. The number of rotatable bonds is 3. The van der Waals surface area contributed by atoms with Gasteiger partial charge in [0.05, 0.1) is 11.1 Å². The van der Waals surface area contributed by atoms with Crippen LogP contribution in [0.25, 0.3) is 0 Å². The lowest BCUT2D eigenvalue weighted by atomic mass is 9.74. The number of carbonyl (C=O) groups is 2. The first-order valence-corrected chi connectivity index (χ1v) is 9.79. The lowest BCUT2D eigenvalue weighted by Crippen LogP contribution is -2.32. The SMILES string of the molecule is Cc1cc(C)c(C2(c3c(C)cc(C)cc3O)OC(=O)c3c(C(=O)O)cccc32)c(O)c1. The van der Waals surface area contributed by atoms with E-state index in [1.165, 1.54) is 12.1 Å². The lowest BCUT2D eigenvalue weighted by molar-refractivity contribution is 0.0234. The smallest absolute Gasteiger partial charge is 0.341 e. The average molecular weight is 418 g/mol. The number of carboxylic acid groups (broad SMARTS) is 1. The molecule has 0 radical (unpaired) electrons. The van der Waals surface area contributed by atoms with Crippen LogP contribution in [0.4, 0.5) is 0 Å². The molecule has 1 aliphatic heterocycles. The first-order chi connectivity index (χ1) is 14.6. The number of aryl methyl sites for hydroxylation is 4. The number of hydrogen-bond donors (Lipinski definition) is 3. The van der Waals surface area contributed by atoms with E-state index in [9.17, 15) is 24.9 Å². The molecule has 6 nitrogen and oxygen atoms in total. The van der Waals surface area contributed by atoms with Crippen LogP contribution in [-0.2, 0) is 10.3 Å². The summed E-state index contributed by atoms with van der Waals surface area (Å²) in [5.74, 6) is -2.32. The van der Waals surface area contributed by atoms with Crippen LogP contribution in [-0.4, -0.2) is 27.3 Å². The maximum atomic E-state index is 13.1. The second kappa shape index (κ2) is 6.87. The molecule has 0 aromatic heterocycles. The van der Waals surface area contributed by atoms with E-state index >= 15 is 0 Å². The summed E-state index contributed by atoms with van der Waals surface area (Å²) in [7, 11) is 0. The Morgan fingerprint density at radius 2 is 1.39 bits per heavy atom. The predicted molar refractivity (Wildman–Crippen MR) is 114 cm³/mol. The summed E-state index contributed by atoms with van der Waals surface area (Å²) in [4.78, 5) is 24.9. The number of ether oxygens (including phenoxy) is 1. The van der Waals surface area contributed by atoms with Gasteiger partial charge >= 0.3 is 11.9 Å². The first-order valence-electron chi connectivity index (χ1n) is 9.79. The molecule has 158 valence electrons. The molecule has 0 atom stereocenters. The Morgan fingerprint density at radius 1 is 0.871 bits per heavy atom. The largest absolute Gasteiger partial charge is 0.507 e. The Morgan fingerprint density at radius 3 is 1.84 bits per heavy atom. The maximum absolute atomic E-state index is 13.1. The van der Waals surface area contributed by atoms with Crippen molar-refractivity contribution in [2.75, 3.05) is 0 Å². The highest BCUT2D eigenvalue weighted by atomic mass is 16.6. The first kappa shape index (κ1) is 20.5. The van der Waals surface area contributed by atoms with Gasteiger partial charge < -0.3 is 20.1 Å². The molecule has 0 saturated heterocycles. The van der Waals surface area contributed by atoms with Crippen molar-refractivity contribution in [3.63, 3.8) is 0 Å². The summed E-state index contributed by atoms with van der Waals surface area (Å²) < 4.78 is 5.96. The highest BCUT2D eigenvalue weighted by Gasteiger charge is 2.54. The summed E-state index contributed by atoms with van der Waals surface area (Å²) in [5.41, 5.74) is 1.74. The van der Waals surface area contributed by atoms with Crippen LogP contribution in [0, 0.1) is 27.7 Å². The van der Waals surface area contributed by atoms with Crippen LogP contribution in [0.5, 0.6) is 11.5 Å². The molecule has 1 aliphatic rings. The Labute approximate surface area is 179 Å². The van der Waals surface area contributed by atoms with Crippen molar-refractivity contribution in [1.29, 1.82) is 0 Å². The standard InChI is InChI=1S/C25H22O6/c1-12-8-14(3)21(18(26)10-12)25(22-15(4)9-13(2)11-19(22)27)17-7-5-6-16(23(28)29)20(17)24(30)31-25/h5-11,26-27H,1-4H3,(H,28,29). The van der Waals surface area contributed by atoms with Gasteiger partial charge in [-0.15, -0.1) is 0 Å². The fourth-order valence-electron chi connectivity index (χ4n) is 4.79. The molecule has 0 spiro atoms. The van der Waals surface area contributed by atoms with Crippen molar-refractivity contribution in [3.8, 4) is 11.5 Å². The minimum absolute atomic E-state index is 0.0891. The van der Waals surface area contributed by atoms with Crippen molar-refractivity contribution in [2.24, 2.45) is 0 Å². The zero-order valence-corrected chi connectivity index (χ0v) is 17.6. The lowest BCUT2D eigenvalue weighted by Gasteiger charge is -2.34. The van der Waals surface area contributed by atoms with Gasteiger partial charge in [0.15, 0.2) is 5.60 Å². The number of carboxylic acids is 1. The van der Waals surface area contributed by atoms with Gasteiger partial charge in [0.2, 0.25) is 0 Å². The normalized spacial score (nSPS) is 14.3. The predicted octanol–water partition coefficient (Wildman–Crippen LogP) is 4.49. The zero-order valence-electron chi connectivity index (χ0n) is 17.6.